The van der Waals surface area contributed by atoms with Crippen molar-refractivity contribution in [3.8, 4) is 0 Å². The molecule has 0 unspecified atom stereocenters. The van der Waals surface area contributed by atoms with Crippen LogP contribution in [0, 0.1) is 12.7 Å². The number of allylic oxidation sites excluding steroid dienone is 7. The molecule has 0 N–H and O–H groups in total. The Hall–Kier alpha value is 0.474. The maximum Gasteiger partial charge on any atom is 2.00 e. The average Bonchev–Trinajstić information content (AvgIpc) is 2.99. The molecule has 2 rings (SSSR count). The summed E-state index contributed by atoms with van der Waals surface area (Å²) in [4.78, 5) is 0. The predicted octanol–water partition coefficient (Wildman–Crippen LogP) is 5.21. The van der Waals surface area contributed by atoms with Crippen molar-refractivity contribution < 1.29 is 18.6 Å². The Kier molecular flexibility index (Phi) is 39.1. The Labute approximate surface area is 141 Å². The fourth-order valence-electron chi connectivity index (χ4n) is 0.962. The summed E-state index contributed by atoms with van der Waals surface area (Å²) in [6, 6.07) is 0. The molecule has 0 amide bonds. The molecule has 0 nitrogen and oxygen atoms in total. The minimum Gasteiger partial charge on any atom is -0.293 e. The van der Waals surface area contributed by atoms with Crippen LogP contribution < -0.4 is 0 Å². The second kappa shape index (κ2) is 26.1. The van der Waals surface area contributed by atoms with Crippen molar-refractivity contribution in [3.05, 3.63) is 49.1 Å². The monoisotopic (exact) mass is 343 g/mol. The van der Waals surface area contributed by atoms with Crippen LogP contribution in [0.5, 0.6) is 0 Å². The van der Waals surface area contributed by atoms with E-state index in [-0.39, 0.29) is 43.4 Å². The SMILES string of the molecule is C1CCSC1.Cl.Cl.[C-]1=CC=CC1.[CH-]=C/C=C/C.[V+2]. The molecule has 1 aliphatic carbocycles. The average molecular weight is 344 g/mol. The molecular formula is C14H22Cl2SV. The maximum absolute atomic E-state index is 4.93. The quantitative estimate of drug-likeness (QED) is 0.465. The van der Waals surface area contributed by atoms with E-state index in [4.69, 9.17) is 6.58 Å². The fourth-order valence-corrected chi connectivity index (χ4v) is 1.98. The number of halogens is 2. The molecule has 0 aromatic heterocycles. The van der Waals surface area contributed by atoms with Crippen molar-refractivity contribution in [1.29, 1.82) is 0 Å². The van der Waals surface area contributed by atoms with E-state index >= 15 is 0 Å². The molecule has 1 saturated heterocycles. The smallest absolute Gasteiger partial charge is 0.293 e. The minimum atomic E-state index is 0. The van der Waals surface area contributed by atoms with Gasteiger partial charge in [0.05, 0.1) is 0 Å². The molecular weight excluding hydrogens is 322 g/mol. The summed E-state index contributed by atoms with van der Waals surface area (Å²) >= 11 is 2.07. The molecule has 103 valence electrons. The Morgan fingerprint density at radius 2 is 1.83 bits per heavy atom. The van der Waals surface area contributed by atoms with Gasteiger partial charge in [-0.3, -0.25) is 12.7 Å². The van der Waals surface area contributed by atoms with Crippen molar-refractivity contribution in [2.75, 3.05) is 11.5 Å². The van der Waals surface area contributed by atoms with E-state index in [1.807, 2.05) is 25.2 Å². The second-order valence-electron chi connectivity index (χ2n) is 3.04. The summed E-state index contributed by atoms with van der Waals surface area (Å²) < 4.78 is 0. The first-order valence-corrected chi connectivity index (χ1v) is 6.53. The third-order valence-corrected chi connectivity index (χ3v) is 2.87. The molecule has 0 aromatic rings. The Bertz CT molecular complexity index is 201. The van der Waals surface area contributed by atoms with Gasteiger partial charge in [-0.05, 0) is 24.3 Å². The van der Waals surface area contributed by atoms with Crippen molar-refractivity contribution in [2.24, 2.45) is 0 Å². The van der Waals surface area contributed by atoms with Crippen LogP contribution >= 0.6 is 36.6 Å². The van der Waals surface area contributed by atoms with Gasteiger partial charge in [-0.1, -0.05) is 6.92 Å². The third kappa shape index (κ3) is 25.4. The normalized spacial score (nSPS) is 14.1. The first kappa shape index (κ1) is 26.9. The molecule has 0 bridgehead atoms. The minimum absolute atomic E-state index is 0. The van der Waals surface area contributed by atoms with Gasteiger partial charge in [-0.25, -0.2) is 24.3 Å². The molecule has 4 heteroatoms. The third-order valence-electron chi connectivity index (χ3n) is 1.72. The molecule has 1 fully saturated rings. The van der Waals surface area contributed by atoms with Crippen LogP contribution in [0.3, 0.4) is 0 Å². The van der Waals surface area contributed by atoms with E-state index in [9.17, 15) is 0 Å². The van der Waals surface area contributed by atoms with Crippen LogP contribution in [0.15, 0.2) is 36.5 Å². The largest absolute Gasteiger partial charge is 2.00 e. The zero-order valence-corrected chi connectivity index (χ0v) is 14.6. The topological polar surface area (TPSA) is 0 Å². The summed E-state index contributed by atoms with van der Waals surface area (Å²) in [6.45, 7) is 6.85. The number of hydrogen-bond donors (Lipinski definition) is 0. The van der Waals surface area contributed by atoms with Gasteiger partial charge in [0, 0.05) is 0 Å². The zero-order valence-electron chi connectivity index (χ0n) is 10.7. The molecule has 1 radical (unpaired) electrons. The Balaban J connectivity index is -0.0000000754. The van der Waals surface area contributed by atoms with Crippen LogP contribution in [0.4, 0.5) is 0 Å². The van der Waals surface area contributed by atoms with Gasteiger partial charge < -0.3 is 0 Å². The Morgan fingerprint density at radius 3 is 1.94 bits per heavy atom. The van der Waals surface area contributed by atoms with E-state index in [0.717, 1.165) is 6.42 Å². The van der Waals surface area contributed by atoms with Crippen LogP contribution in [-0.4, -0.2) is 11.5 Å². The van der Waals surface area contributed by atoms with Crippen molar-refractivity contribution >= 4 is 36.6 Å². The van der Waals surface area contributed by atoms with E-state index in [1.165, 1.54) is 30.4 Å². The van der Waals surface area contributed by atoms with Gasteiger partial charge >= 0.3 is 18.6 Å². The van der Waals surface area contributed by atoms with Gasteiger partial charge in [0.15, 0.2) is 0 Å². The zero-order chi connectivity index (χ0) is 11.2. The number of thioether (sulfide) groups is 1. The summed E-state index contributed by atoms with van der Waals surface area (Å²) in [5.74, 6) is 2.83. The van der Waals surface area contributed by atoms with E-state index in [1.54, 1.807) is 6.08 Å². The van der Waals surface area contributed by atoms with Crippen LogP contribution in [0.25, 0.3) is 0 Å². The molecule has 1 heterocycles. The van der Waals surface area contributed by atoms with Crippen LogP contribution in [0.2, 0.25) is 0 Å². The molecule has 0 spiro atoms. The molecule has 18 heavy (non-hydrogen) atoms. The first-order valence-electron chi connectivity index (χ1n) is 5.37. The molecule has 0 aromatic carbocycles. The van der Waals surface area contributed by atoms with Gasteiger partial charge in [-0.15, -0.1) is 31.2 Å². The molecule has 0 saturated carbocycles. The Morgan fingerprint density at radius 1 is 1.22 bits per heavy atom. The van der Waals surface area contributed by atoms with Gasteiger partial charge in [0.25, 0.3) is 0 Å². The van der Waals surface area contributed by atoms with Crippen molar-refractivity contribution in [3.63, 3.8) is 0 Å². The second-order valence-corrected chi connectivity index (χ2v) is 4.27. The molecule has 2 aliphatic rings. The summed E-state index contributed by atoms with van der Waals surface area (Å²) in [7, 11) is 0. The van der Waals surface area contributed by atoms with Crippen molar-refractivity contribution in [1.82, 2.24) is 0 Å². The summed E-state index contributed by atoms with van der Waals surface area (Å²) in [6.07, 6.45) is 18.1. The maximum atomic E-state index is 4.93. The van der Waals surface area contributed by atoms with Gasteiger partial charge in [0.2, 0.25) is 0 Å². The van der Waals surface area contributed by atoms with E-state index in [0.29, 0.717) is 0 Å². The molecule has 0 atom stereocenters. The van der Waals surface area contributed by atoms with Crippen LogP contribution in [0.1, 0.15) is 26.2 Å². The first-order chi connectivity index (χ1) is 7.41. The predicted molar refractivity (Wildman–Crippen MR) is 86.3 cm³/mol. The molecule has 1 aliphatic heterocycles. The summed E-state index contributed by atoms with van der Waals surface area (Å²) in [5, 5.41) is 0. The number of rotatable bonds is 1. The summed E-state index contributed by atoms with van der Waals surface area (Å²) in [5.41, 5.74) is 0. The van der Waals surface area contributed by atoms with Crippen molar-refractivity contribution in [2.45, 2.75) is 26.2 Å². The standard InChI is InChI=1S/C5H5.C5H7.C4H8S.2ClH.V/c1-2-4-5-3-1;1-3-5-4-2;1-2-4-5-3-1;;;/h1-3H,4H2;1,3-5H,2H3;1-4H2;2*1H;/q2*-1;;;;+2/b;5-4+;;;;. The fraction of sp³-hybridized carbons (Fsp3) is 0.429. The van der Waals surface area contributed by atoms with E-state index in [2.05, 4.69) is 23.9 Å². The number of hydrogen-bond acceptors (Lipinski definition) is 1. The van der Waals surface area contributed by atoms with Gasteiger partial charge in [-0.2, -0.15) is 23.9 Å². The van der Waals surface area contributed by atoms with Crippen LogP contribution in [-0.2, 0) is 18.6 Å². The van der Waals surface area contributed by atoms with Gasteiger partial charge in [0.1, 0.15) is 0 Å². The van der Waals surface area contributed by atoms with E-state index < -0.39 is 0 Å².